The maximum atomic E-state index is 13.4. The van der Waals surface area contributed by atoms with Gasteiger partial charge in [-0.3, -0.25) is 9.69 Å². The first-order valence-corrected chi connectivity index (χ1v) is 10.3. The van der Waals surface area contributed by atoms with Crippen LogP contribution in [0.25, 0.3) is 0 Å². The molecule has 1 aromatic rings. The fraction of sp³-hybridized carbons (Fsp3) is 0.632. The van der Waals surface area contributed by atoms with Crippen molar-refractivity contribution in [2.24, 2.45) is 5.92 Å². The van der Waals surface area contributed by atoms with Crippen LogP contribution < -0.4 is 0 Å². The van der Waals surface area contributed by atoms with E-state index in [0.29, 0.717) is 32.6 Å². The number of nitrogens with zero attached hydrogens (tertiary/aromatic N) is 2. The van der Waals surface area contributed by atoms with Crippen molar-refractivity contribution in [1.82, 2.24) is 9.80 Å². The molecule has 2 fully saturated rings. The van der Waals surface area contributed by atoms with E-state index in [2.05, 4.69) is 4.74 Å². The highest BCUT2D eigenvalue weighted by Crippen LogP contribution is 2.43. The summed E-state index contributed by atoms with van der Waals surface area (Å²) in [5.41, 5.74) is 0.956. The van der Waals surface area contributed by atoms with Crippen LogP contribution in [0, 0.1) is 5.92 Å². The first-order chi connectivity index (χ1) is 12.9. The van der Waals surface area contributed by atoms with Crippen molar-refractivity contribution >= 4 is 18.2 Å². The second-order valence-electron chi connectivity index (χ2n) is 6.98. The molecule has 2 aliphatic rings. The van der Waals surface area contributed by atoms with Crippen molar-refractivity contribution in [3.05, 3.63) is 35.9 Å². The summed E-state index contributed by atoms with van der Waals surface area (Å²) in [6.45, 7) is 2.67. The van der Waals surface area contributed by atoms with Crippen LogP contribution in [0.5, 0.6) is 0 Å². The molecule has 2 saturated heterocycles. The third-order valence-electron chi connectivity index (χ3n) is 4.93. The molecule has 3 unspecified atom stereocenters. The molecular weight excluding hydrogens is 377 g/mol. The highest BCUT2D eigenvalue weighted by molar-refractivity contribution is 7.98. The summed E-state index contributed by atoms with van der Waals surface area (Å²) in [6.07, 6.45) is -1.51. The third-order valence-corrected chi connectivity index (χ3v) is 5.51. The predicted molar refractivity (Wildman–Crippen MR) is 102 cm³/mol. The molecule has 0 spiro atoms. The molecule has 1 aromatic carbocycles. The number of fused-ring (bicyclic) bond motifs is 2. The Morgan fingerprint density at radius 1 is 1.26 bits per heavy atom. The zero-order chi connectivity index (χ0) is 19.9. The summed E-state index contributed by atoms with van der Waals surface area (Å²) in [7, 11) is 1.92. The molecule has 0 N–H and O–H groups in total. The van der Waals surface area contributed by atoms with E-state index in [0.717, 1.165) is 17.9 Å². The Morgan fingerprint density at radius 3 is 2.56 bits per heavy atom. The molecule has 2 bridgehead atoms. The van der Waals surface area contributed by atoms with Gasteiger partial charge in [-0.1, -0.05) is 30.3 Å². The van der Waals surface area contributed by atoms with Crippen LogP contribution in [0.2, 0.25) is 0 Å². The van der Waals surface area contributed by atoms with Gasteiger partial charge in [-0.25, -0.2) is 0 Å². The van der Waals surface area contributed by atoms with E-state index >= 15 is 0 Å². The standard InChI is InChI=1S/C15H19F3N2.C4H8O2S/c1-19-9-12-7-13(10-19)20(14(12)15(16,17)18)8-11-5-3-2-4-6-11;1-7-3-2-6-4-5/h2-6,12-14H,7-10H2,1H3;4H,2-3H2,1H3. The Hall–Kier alpha value is -1.25. The predicted octanol–water partition coefficient (Wildman–Crippen LogP) is 3.28. The molecule has 0 aromatic heterocycles. The topological polar surface area (TPSA) is 32.8 Å². The van der Waals surface area contributed by atoms with E-state index in [1.807, 2.05) is 48.5 Å². The van der Waals surface area contributed by atoms with Crippen LogP contribution in [-0.4, -0.2) is 73.3 Å². The smallest absolute Gasteiger partial charge is 0.404 e. The summed E-state index contributed by atoms with van der Waals surface area (Å²) in [5.74, 6) is 0.598. The van der Waals surface area contributed by atoms with Gasteiger partial charge in [0.25, 0.3) is 6.47 Å². The van der Waals surface area contributed by atoms with Crippen molar-refractivity contribution in [2.45, 2.75) is 31.2 Å². The number of thioether (sulfide) groups is 1. The summed E-state index contributed by atoms with van der Waals surface area (Å²) in [4.78, 5) is 13.1. The van der Waals surface area contributed by atoms with Gasteiger partial charge in [0.2, 0.25) is 0 Å². The quantitative estimate of drug-likeness (QED) is 0.537. The third kappa shape index (κ3) is 6.40. The molecule has 152 valence electrons. The number of hydrogen-bond acceptors (Lipinski definition) is 5. The lowest BCUT2D eigenvalue weighted by atomic mass is 9.95. The molecule has 0 amide bonds. The van der Waals surface area contributed by atoms with Crippen LogP contribution in [0.3, 0.4) is 0 Å². The van der Waals surface area contributed by atoms with Gasteiger partial charge in [-0.2, -0.15) is 24.9 Å². The van der Waals surface area contributed by atoms with Crippen molar-refractivity contribution in [3.63, 3.8) is 0 Å². The van der Waals surface area contributed by atoms with E-state index in [4.69, 9.17) is 0 Å². The molecule has 27 heavy (non-hydrogen) atoms. The van der Waals surface area contributed by atoms with Gasteiger partial charge >= 0.3 is 6.18 Å². The Morgan fingerprint density at radius 2 is 1.96 bits per heavy atom. The normalized spacial score (nSPS) is 25.6. The van der Waals surface area contributed by atoms with Crippen molar-refractivity contribution in [1.29, 1.82) is 0 Å². The fourth-order valence-corrected chi connectivity index (χ4v) is 4.22. The zero-order valence-corrected chi connectivity index (χ0v) is 16.5. The number of likely N-dealkylation sites (N-methyl/N-ethyl adjacent to an activating group) is 1. The first kappa shape index (κ1) is 22.0. The number of carbonyl (C=O) groups excluding carboxylic acids is 1. The Labute approximate surface area is 163 Å². The molecular formula is C19H27F3N2O2S. The number of carbonyl (C=O) groups is 1. The maximum Gasteiger partial charge on any atom is 0.404 e. The monoisotopic (exact) mass is 404 g/mol. The van der Waals surface area contributed by atoms with Crippen LogP contribution in [0.4, 0.5) is 13.2 Å². The Balaban J connectivity index is 0.000000321. The second-order valence-corrected chi connectivity index (χ2v) is 7.96. The molecule has 3 atom stereocenters. The minimum Gasteiger partial charge on any atom is -0.467 e. The lowest BCUT2D eigenvalue weighted by Crippen LogP contribution is -2.46. The van der Waals surface area contributed by atoms with Gasteiger partial charge in [-0.05, 0) is 31.2 Å². The number of likely N-dealkylation sites (tertiary alicyclic amines) is 2. The van der Waals surface area contributed by atoms with Crippen LogP contribution in [0.15, 0.2) is 30.3 Å². The van der Waals surface area contributed by atoms with E-state index in [1.54, 1.807) is 16.7 Å². The van der Waals surface area contributed by atoms with E-state index in [1.165, 1.54) is 0 Å². The number of alkyl halides is 3. The SMILES string of the molecule is CN1CC2CC(C1)N(Cc1ccccc1)C2C(F)(F)F.CSCCOC=O. The molecule has 8 heteroatoms. The van der Waals surface area contributed by atoms with E-state index in [9.17, 15) is 18.0 Å². The number of halogens is 3. The van der Waals surface area contributed by atoms with Crippen LogP contribution >= 0.6 is 11.8 Å². The van der Waals surface area contributed by atoms with Gasteiger partial charge in [0.15, 0.2) is 0 Å². The Bertz CT molecular complexity index is 574. The molecule has 0 saturated carbocycles. The summed E-state index contributed by atoms with van der Waals surface area (Å²) >= 11 is 1.66. The maximum absolute atomic E-state index is 13.4. The summed E-state index contributed by atoms with van der Waals surface area (Å²) in [6, 6.07) is 8.18. The lowest BCUT2D eigenvalue weighted by Gasteiger charge is -2.31. The van der Waals surface area contributed by atoms with Gasteiger partial charge in [0.1, 0.15) is 12.6 Å². The molecule has 2 aliphatic heterocycles. The molecule has 3 rings (SSSR count). The zero-order valence-electron chi connectivity index (χ0n) is 15.7. The van der Waals surface area contributed by atoms with Gasteiger partial charge in [0, 0.05) is 31.4 Å². The summed E-state index contributed by atoms with van der Waals surface area (Å²) < 4.78 is 44.6. The number of ether oxygens (including phenoxy) is 1. The highest BCUT2D eigenvalue weighted by Gasteiger charge is 2.56. The number of piperidine rings is 1. The van der Waals surface area contributed by atoms with Crippen molar-refractivity contribution in [3.8, 4) is 0 Å². The minimum absolute atomic E-state index is 0.0191. The number of rotatable bonds is 6. The lowest BCUT2D eigenvalue weighted by molar-refractivity contribution is -0.187. The molecule has 4 nitrogen and oxygen atoms in total. The van der Waals surface area contributed by atoms with E-state index < -0.39 is 12.2 Å². The van der Waals surface area contributed by atoms with Crippen LogP contribution in [-0.2, 0) is 16.1 Å². The van der Waals surface area contributed by atoms with Gasteiger partial charge in [-0.15, -0.1) is 0 Å². The molecule has 2 heterocycles. The van der Waals surface area contributed by atoms with Crippen molar-refractivity contribution in [2.75, 3.05) is 38.8 Å². The number of hydrogen-bond donors (Lipinski definition) is 0. The van der Waals surface area contributed by atoms with Crippen LogP contribution in [0.1, 0.15) is 12.0 Å². The molecule has 0 radical (unpaired) electrons. The number of benzene rings is 1. The largest absolute Gasteiger partial charge is 0.467 e. The second kappa shape index (κ2) is 10.3. The summed E-state index contributed by atoms with van der Waals surface area (Å²) in [5, 5.41) is 0. The fourth-order valence-electron chi connectivity index (χ4n) is 3.96. The van der Waals surface area contributed by atoms with Gasteiger partial charge in [0.05, 0.1) is 0 Å². The average Bonchev–Trinajstić information content (AvgIpc) is 2.87. The Kier molecular flexibility index (Phi) is 8.44. The molecule has 0 aliphatic carbocycles. The highest BCUT2D eigenvalue weighted by atomic mass is 32.2. The first-order valence-electron chi connectivity index (χ1n) is 8.96. The van der Waals surface area contributed by atoms with Gasteiger partial charge < -0.3 is 9.64 Å². The minimum atomic E-state index is -4.14. The van der Waals surface area contributed by atoms with E-state index in [-0.39, 0.29) is 12.0 Å². The average molecular weight is 404 g/mol. The van der Waals surface area contributed by atoms with Crippen molar-refractivity contribution < 1.29 is 22.7 Å².